The molecule has 184 valence electrons. The molecule has 0 aromatic heterocycles. The van der Waals surface area contributed by atoms with E-state index < -0.39 is 5.60 Å². The second kappa shape index (κ2) is 11.1. The molecule has 0 spiro atoms. The van der Waals surface area contributed by atoms with Gasteiger partial charge in [0.25, 0.3) is 0 Å². The monoisotopic (exact) mass is 465 g/mol. The second-order valence-corrected chi connectivity index (χ2v) is 10.4. The topological polar surface area (TPSA) is 54.0 Å². The lowest BCUT2D eigenvalue weighted by atomic mass is 9.98. The summed E-state index contributed by atoms with van der Waals surface area (Å²) in [7, 11) is 0. The van der Waals surface area contributed by atoms with E-state index in [1.807, 2.05) is 25.7 Å². The molecule has 1 fully saturated rings. The molecule has 34 heavy (non-hydrogen) atoms. The Morgan fingerprint density at radius 1 is 1.09 bits per heavy atom. The molecule has 0 saturated carbocycles. The van der Waals surface area contributed by atoms with Crippen molar-refractivity contribution in [3.63, 3.8) is 0 Å². The number of benzene rings is 2. The van der Waals surface area contributed by atoms with Gasteiger partial charge in [-0.05, 0) is 70.2 Å². The predicted octanol–water partition coefficient (Wildman–Crippen LogP) is 4.86. The number of hydrogen-bond donors (Lipinski definition) is 1. The van der Waals surface area contributed by atoms with Crippen LogP contribution in [0.2, 0.25) is 0 Å². The van der Waals surface area contributed by atoms with Gasteiger partial charge in [-0.15, -0.1) is 0 Å². The van der Waals surface area contributed by atoms with Crippen LogP contribution in [0.5, 0.6) is 5.75 Å². The number of hydrogen-bond acceptors (Lipinski definition) is 5. The highest BCUT2D eigenvalue weighted by Crippen LogP contribution is 2.35. The van der Waals surface area contributed by atoms with Crippen molar-refractivity contribution in [2.24, 2.45) is 5.92 Å². The molecule has 1 amide bonds. The number of nitrogens with one attached hydrogen (secondary N) is 1. The normalized spacial score (nSPS) is 18.0. The number of ether oxygens (including phenoxy) is 2. The smallest absolute Gasteiger partial charge is 0.410 e. The minimum Gasteiger partial charge on any atom is -0.492 e. The third-order valence-electron chi connectivity index (χ3n) is 6.44. The molecular formula is C28H39N3O3. The van der Waals surface area contributed by atoms with Gasteiger partial charge in [0, 0.05) is 44.0 Å². The Labute approximate surface area is 204 Å². The third kappa shape index (κ3) is 6.66. The largest absolute Gasteiger partial charge is 0.492 e. The van der Waals surface area contributed by atoms with Crippen molar-refractivity contribution in [1.29, 1.82) is 0 Å². The molecule has 2 aromatic carbocycles. The molecule has 0 radical (unpaired) electrons. The Morgan fingerprint density at radius 3 is 2.71 bits per heavy atom. The molecular weight excluding hydrogens is 426 g/mol. The minimum absolute atomic E-state index is 0.195. The van der Waals surface area contributed by atoms with Crippen molar-refractivity contribution in [1.82, 2.24) is 10.2 Å². The maximum Gasteiger partial charge on any atom is 0.410 e. The zero-order valence-corrected chi connectivity index (χ0v) is 20.9. The number of rotatable bonds is 8. The average molecular weight is 466 g/mol. The minimum atomic E-state index is -0.449. The quantitative estimate of drug-likeness (QED) is 0.564. The van der Waals surface area contributed by atoms with E-state index in [0.717, 1.165) is 64.3 Å². The number of likely N-dealkylation sites (tertiary alicyclic amines) is 1. The standard InChI is InChI=1S/C28H39N3O3/c1-28(2,3)34-27(32)31-16-8-11-23(21-31)19-29-15-18-33-26-13-7-12-25-24(26)14-17-30(25)20-22-9-5-4-6-10-22/h4-7,9-10,12-13,23,29H,8,11,14-21H2,1-3H3. The van der Waals surface area contributed by atoms with E-state index in [0.29, 0.717) is 12.5 Å². The van der Waals surface area contributed by atoms with Crippen molar-refractivity contribution in [3.8, 4) is 5.75 Å². The molecule has 2 aliphatic rings. The van der Waals surface area contributed by atoms with Gasteiger partial charge in [-0.25, -0.2) is 4.79 Å². The second-order valence-electron chi connectivity index (χ2n) is 10.4. The summed E-state index contributed by atoms with van der Waals surface area (Å²) in [4.78, 5) is 16.7. The summed E-state index contributed by atoms with van der Waals surface area (Å²) in [5.41, 5.74) is 3.49. The van der Waals surface area contributed by atoms with Gasteiger partial charge in [-0.3, -0.25) is 0 Å². The van der Waals surface area contributed by atoms with Gasteiger partial charge in [0.05, 0.1) is 0 Å². The highest BCUT2D eigenvalue weighted by molar-refractivity contribution is 5.68. The summed E-state index contributed by atoms with van der Waals surface area (Å²) in [6.45, 7) is 11.6. The van der Waals surface area contributed by atoms with E-state index in [1.165, 1.54) is 16.8 Å². The van der Waals surface area contributed by atoms with Gasteiger partial charge < -0.3 is 24.6 Å². The van der Waals surface area contributed by atoms with Gasteiger partial charge in [-0.1, -0.05) is 36.4 Å². The van der Waals surface area contributed by atoms with Crippen molar-refractivity contribution in [2.75, 3.05) is 44.2 Å². The van der Waals surface area contributed by atoms with E-state index in [2.05, 4.69) is 58.7 Å². The van der Waals surface area contributed by atoms with Crippen molar-refractivity contribution < 1.29 is 14.3 Å². The van der Waals surface area contributed by atoms with Crippen molar-refractivity contribution in [3.05, 3.63) is 59.7 Å². The molecule has 1 N–H and O–H groups in total. The summed E-state index contributed by atoms with van der Waals surface area (Å²) in [6.07, 6.45) is 2.99. The van der Waals surface area contributed by atoms with Crippen LogP contribution >= 0.6 is 0 Å². The molecule has 0 aliphatic carbocycles. The zero-order chi connectivity index (χ0) is 24.0. The SMILES string of the molecule is CC(C)(C)OC(=O)N1CCCC(CNCCOc2cccc3c2CCN3Cc2ccccc2)C1. The van der Waals surface area contributed by atoms with Crippen LogP contribution in [-0.2, 0) is 17.7 Å². The van der Waals surface area contributed by atoms with Gasteiger partial charge in [0.1, 0.15) is 18.0 Å². The first-order valence-corrected chi connectivity index (χ1v) is 12.6. The number of nitrogens with zero attached hydrogens (tertiary/aromatic N) is 2. The molecule has 4 rings (SSSR count). The Bertz CT molecular complexity index is 942. The van der Waals surface area contributed by atoms with E-state index in [1.54, 1.807) is 0 Å². The first kappa shape index (κ1) is 24.4. The van der Waals surface area contributed by atoms with E-state index >= 15 is 0 Å². The highest BCUT2D eigenvalue weighted by atomic mass is 16.6. The summed E-state index contributed by atoms with van der Waals surface area (Å²) < 4.78 is 11.7. The van der Waals surface area contributed by atoms with Gasteiger partial charge in [0.15, 0.2) is 0 Å². The summed E-state index contributed by atoms with van der Waals surface area (Å²) in [5.74, 6) is 1.46. The maximum absolute atomic E-state index is 12.4. The van der Waals surface area contributed by atoms with E-state index in [4.69, 9.17) is 9.47 Å². The first-order chi connectivity index (χ1) is 16.4. The number of fused-ring (bicyclic) bond motifs is 1. The Kier molecular flexibility index (Phi) is 7.99. The van der Waals surface area contributed by atoms with Crippen LogP contribution in [0.25, 0.3) is 0 Å². The molecule has 1 unspecified atom stereocenters. The third-order valence-corrected chi connectivity index (χ3v) is 6.44. The predicted molar refractivity (Wildman–Crippen MR) is 137 cm³/mol. The lowest BCUT2D eigenvalue weighted by molar-refractivity contribution is 0.0166. The fourth-order valence-electron chi connectivity index (χ4n) is 4.84. The fraction of sp³-hybridized carbons (Fsp3) is 0.536. The molecule has 2 aromatic rings. The van der Waals surface area contributed by atoms with Crippen LogP contribution in [-0.4, -0.2) is 55.9 Å². The van der Waals surface area contributed by atoms with Crippen molar-refractivity contribution in [2.45, 2.75) is 52.2 Å². The molecule has 6 heteroatoms. The molecule has 1 atom stereocenters. The Balaban J connectivity index is 1.20. The van der Waals surface area contributed by atoms with Gasteiger partial charge >= 0.3 is 6.09 Å². The molecule has 2 aliphatic heterocycles. The van der Waals surface area contributed by atoms with Crippen molar-refractivity contribution >= 4 is 11.8 Å². The fourth-order valence-corrected chi connectivity index (χ4v) is 4.84. The average Bonchev–Trinajstić information content (AvgIpc) is 3.22. The lowest BCUT2D eigenvalue weighted by Gasteiger charge is -2.34. The maximum atomic E-state index is 12.4. The number of carbonyl (C=O) groups excluding carboxylic acids is 1. The summed E-state index contributed by atoms with van der Waals surface area (Å²) >= 11 is 0. The molecule has 1 saturated heterocycles. The molecule has 6 nitrogen and oxygen atoms in total. The van der Waals surface area contributed by atoms with Gasteiger partial charge in [0.2, 0.25) is 0 Å². The van der Waals surface area contributed by atoms with Crippen LogP contribution in [0.1, 0.15) is 44.7 Å². The number of carbonyl (C=O) groups is 1. The van der Waals surface area contributed by atoms with E-state index in [-0.39, 0.29) is 6.09 Å². The number of piperidine rings is 1. The van der Waals surface area contributed by atoms with Crippen LogP contribution in [0.4, 0.5) is 10.5 Å². The van der Waals surface area contributed by atoms with Crippen LogP contribution in [0, 0.1) is 5.92 Å². The number of amides is 1. The molecule has 2 heterocycles. The lowest BCUT2D eigenvalue weighted by Crippen LogP contribution is -2.45. The van der Waals surface area contributed by atoms with Crippen LogP contribution in [0.15, 0.2) is 48.5 Å². The number of anilines is 1. The van der Waals surface area contributed by atoms with E-state index in [9.17, 15) is 4.79 Å². The zero-order valence-electron chi connectivity index (χ0n) is 20.9. The highest BCUT2D eigenvalue weighted by Gasteiger charge is 2.27. The summed E-state index contributed by atoms with van der Waals surface area (Å²) in [6, 6.07) is 17.0. The summed E-state index contributed by atoms with van der Waals surface area (Å²) in [5, 5.41) is 3.53. The van der Waals surface area contributed by atoms with Crippen LogP contribution in [0.3, 0.4) is 0 Å². The Morgan fingerprint density at radius 2 is 1.91 bits per heavy atom. The van der Waals surface area contributed by atoms with Crippen LogP contribution < -0.4 is 15.0 Å². The Hall–Kier alpha value is -2.73. The molecule has 0 bridgehead atoms. The first-order valence-electron chi connectivity index (χ1n) is 12.6. The van der Waals surface area contributed by atoms with Gasteiger partial charge in [-0.2, -0.15) is 0 Å².